The molecular formula is C18H16N4O3S3. The van der Waals surface area contributed by atoms with Crippen LogP contribution < -0.4 is 11.1 Å². The molecule has 0 aliphatic carbocycles. The van der Waals surface area contributed by atoms with Crippen molar-refractivity contribution in [3.63, 3.8) is 0 Å². The van der Waals surface area contributed by atoms with Crippen molar-refractivity contribution in [2.45, 2.75) is 17.8 Å². The Balaban J connectivity index is 1.52. The zero-order chi connectivity index (χ0) is 19.8. The van der Waals surface area contributed by atoms with Gasteiger partial charge in [0.25, 0.3) is 5.91 Å². The largest absolute Gasteiger partial charge is 0.375 e. The van der Waals surface area contributed by atoms with E-state index in [2.05, 4.69) is 22.9 Å². The predicted octanol–water partition coefficient (Wildman–Crippen LogP) is 1.54. The van der Waals surface area contributed by atoms with Gasteiger partial charge in [0.1, 0.15) is 17.1 Å². The van der Waals surface area contributed by atoms with E-state index in [0.717, 1.165) is 10.4 Å². The lowest BCUT2D eigenvalue weighted by Gasteiger charge is -2.49. The number of nitrogens with two attached hydrogens (primary N) is 1. The third-order valence-corrected chi connectivity index (χ3v) is 6.89. The first kappa shape index (κ1) is 19.0. The van der Waals surface area contributed by atoms with Gasteiger partial charge in [0.2, 0.25) is 11.0 Å². The average Bonchev–Trinajstić information content (AvgIpc) is 3.11. The van der Waals surface area contributed by atoms with Crippen LogP contribution in [-0.2, 0) is 20.8 Å². The second kappa shape index (κ2) is 7.61. The van der Waals surface area contributed by atoms with Crippen molar-refractivity contribution in [1.82, 2.24) is 15.2 Å². The Kier molecular flexibility index (Phi) is 5.17. The first-order valence-electron chi connectivity index (χ1n) is 8.42. The highest BCUT2D eigenvalue weighted by Gasteiger charge is 2.53. The number of nitrogens with zero attached hydrogens (tertiary/aromatic N) is 2. The van der Waals surface area contributed by atoms with Gasteiger partial charge < -0.3 is 11.1 Å². The van der Waals surface area contributed by atoms with Crippen molar-refractivity contribution in [2.75, 3.05) is 11.5 Å². The van der Waals surface area contributed by atoms with Gasteiger partial charge in [-0.3, -0.25) is 19.3 Å². The molecule has 3 heterocycles. The van der Waals surface area contributed by atoms with Crippen molar-refractivity contribution in [1.29, 1.82) is 0 Å². The van der Waals surface area contributed by atoms with E-state index < -0.39 is 11.2 Å². The topological polar surface area (TPSA) is 105 Å². The molecule has 3 N–H and O–H groups in total. The molecular weight excluding hydrogens is 416 g/mol. The van der Waals surface area contributed by atoms with E-state index in [1.54, 1.807) is 6.20 Å². The van der Waals surface area contributed by atoms with Crippen LogP contribution in [0.5, 0.6) is 0 Å². The van der Waals surface area contributed by atoms with Crippen molar-refractivity contribution >= 4 is 63.4 Å². The number of carbonyl (C=O) groups is 3. The van der Waals surface area contributed by atoms with Crippen LogP contribution in [0.3, 0.4) is 0 Å². The standard InChI is InChI=1S/C18H16N4O3S3/c19-18-20-7-11(28-18)10-8-27-16-13(15(24)22(16)14(10)17(25)26)21-12(23)6-9-4-2-1-3-5-9/h1-5,7,13,16H,6,8H2,(H2,19,20)(H,21,23)(H,25,26)/t13-,16-/m1/s1. The highest BCUT2D eigenvalue weighted by Crippen LogP contribution is 2.44. The SMILES string of the molecule is Nc1ncc(C2=C(C(=O)S)N3C(=O)[C@@H](NC(=O)Cc4ccccc4)[C@H]3SC2)s1. The number of hydrogen-bond acceptors (Lipinski definition) is 7. The highest BCUT2D eigenvalue weighted by atomic mass is 32.2. The minimum Gasteiger partial charge on any atom is -0.375 e. The number of aromatic nitrogens is 1. The molecule has 28 heavy (non-hydrogen) atoms. The summed E-state index contributed by atoms with van der Waals surface area (Å²) in [6.45, 7) is 0. The smallest absolute Gasteiger partial charge is 0.253 e. The lowest BCUT2D eigenvalue weighted by molar-refractivity contribution is -0.146. The number of thioether (sulfide) groups is 1. The molecule has 0 bridgehead atoms. The number of thiol groups is 1. The molecule has 7 nitrogen and oxygen atoms in total. The maximum atomic E-state index is 12.7. The van der Waals surface area contributed by atoms with Gasteiger partial charge >= 0.3 is 0 Å². The normalized spacial score (nSPS) is 21.2. The Labute approximate surface area is 174 Å². The number of thiazole rings is 1. The quantitative estimate of drug-likeness (QED) is 0.489. The van der Waals surface area contributed by atoms with E-state index >= 15 is 0 Å². The number of amides is 2. The molecule has 0 spiro atoms. The van der Waals surface area contributed by atoms with Crippen LogP contribution in [0.2, 0.25) is 0 Å². The number of nitrogen functional groups attached to an aromatic ring is 1. The van der Waals surface area contributed by atoms with Crippen LogP contribution >= 0.6 is 35.7 Å². The number of carbonyl (C=O) groups excluding carboxylic acids is 3. The monoisotopic (exact) mass is 432 g/mol. The molecule has 144 valence electrons. The first-order valence-corrected chi connectivity index (χ1v) is 10.7. The number of hydrogen-bond donors (Lipinski definition) is 3. The summed E-state index contributed by atoms with van der Waals surface area (Å²) in [5.74, 6) is -0.0393. The summed E-state index contributed by atoms with van der Waals surface area (Å²) in [5, 5.41) is 2.37. The molecule has 2 aliphatic rings. The molecule has 2 atom stereocenters. The van der Waals surface area contributed by atoms with Crippen LogP contribution in [-0.4, -0.2) is 44.0 Å². The maximum Gasteiger partial charge on any atom is 0.253 e. The van der Waals surface area contributed by atoms with E-state index in [-0.39, 0.29) is 29.3 Å². The Morgan fingerprint density at radius 1 is 1.32 bits per heavy atom. The third kappa shape index (κ3) is 3.43. The van der Waals surface area contributed by atoms with Gasteiger partial charge in [-0.15, -0.1) is 11.8 Å². The molecule has 0 saturated carbocycles. The van der Waals surface area contributed by atoms with Gasteiger partial charge in [-0.1, -0.05) is 54.3 Å². The third-order valence-electron chi connectivity index (χ3n) is 4.52. The number of β-lactam (4-membered cyclic amide) rings is 1. The Morgan fingerprint density at radius 2 is 2.07 bits per heavy atom. The van der Waals surface area contributed by atoms with Gasteiger partial charge in [-0.25, -0.2) is 4.98 Å². The number of nitrogens with one attached hydrogen (secondary N) is 1. The van der Waals surface area contributed by atoms with E-state index in [4.69, 9.17) is 5.73 Å². The molecule has 1 aromatic heterocycles. The van der Waals surface area contributed by atoms with Crippen molar-refractivity contribution in [3.8, 4) is 0 Å². The summed E-state index contributed by atoms with van der Waals surface area (Å²) in [7, 11) is 0. The minimum atomic E-state index is -0.656. The first-order chi connectivity index (χ1) is 13.5. The lowest BCUT2D eigenvalue weighted by Crippen LogP contribution is -2.70. The second-order valence-corrected chi connectivity index (χ2v) is 8.89. The molecule has 10 heteroatoms. The molecule has 2 aliphatic heterocycles. The molecule has 0 unspecified atom stereocenters. The lowest BCUT2D eigenvalue weighted by atomic mass is 10.0. The van der Waals surface area contributed by atoms with Crippen LogP contribution in [0.4, 0.5) is 5.13 Å². The summed E-state index contributed by atoms with van der Waals surface area (Å²) in [6.07, 6.45) is 1.79. The van der Waals surface area contributed by atoms with Gasteiger partial charge in [-0.2, -0.15) is 0 Å². The summed E-state index contributed by atoms with van der Waals surface area (Å²) < 4.78 is 0. The minimum absolute atomic E-state index is 0.196. The number of benzene rings is 1. The van der Waals surface area contributed by atoms with E-state index in [0.29, 0.717) is 16.5 Å². The molecule has 0 radical (unpaired) electrons. The predicted molar refractivity (Wildman–Crippen MR) is 113 cm³/mol. The second-order valence-electron chi connectivity index (χ2n) is 6.31. The highest BCUT2D eigenvalue weighted by molar-refractivity contribution is 8.00. The van der Waals surface area contributed by atoms with Crippen molar-refractivity contribution in [2.24, 2.45) is 0 Å². The summed E-state index contributed by atoms with van der Waals surface area (Å²) in [5.41, 5.74) is 7.50. The van der Waals surface area contributed by atoms with Gasteiger partial charge in [0.15, 0.2) is 5.13 Å². The van der Waals surface area contributed by atoms with Gasteiger partial charge in [0.05, 0.1) is 11.3 Å². The zero-order valence-electron chi connectivity index (χ0n) is 14.5. The maximum absolute atomic E-state index is 12.7. The molecule has 2 amide bonds. The fourth-order valence-corrected chi connectivity index (χ4v) is 5.67. The number of anilines is 1. The van der Waals surface area contributed by atoms with Crippen LogP contribution in [0.1, 0.15) is 10.4 Å². The Hall–Kier alpha value is -2.30. The molecule has 1 saturated heterocycles. The Bertz CT molecular complexity index is 989. The van der Waals surface area contributed by atoms with Crippen LogP contribution in [0.25, 0.3) is 5.57 Å². The summed E-state index contributed by atoms with van der Waals surface area (Å²) >= 11 is 6.71. The van der Waals surface area contributed by atoms with Gasteiger partial charge in [0, 0.05) is 17.5 Å². The summed E-state index contributed by atoms with van der Waals surface area (Å²) in [6, 6.07) is 8.66. The zero-order valence-corrected chi connectivity index (χ0v) is 17.0. The molecule has 1 fully saturated rings. The number of rotatable bonds is 5. The Morgan fingerprint density at radius 3 is 2.71 bits per heavy atom. The van der Waals surface area contributed by atoms with Gasteiger partial charge in [-0.05, 0) is 5.56 Å². The molecule has 4 rings (SSSR count). The van der Waals surface area contributed by atoms with Crippen molar-refractivity contribution in [3.05, 3.63) is 52.7 Å². The molecule has 1 aromatic carbocycles. The van der Waals surface area contributed by atoms with Crippen LogP contribution in [0.15, 0.2) is 42.2 Å². The fourth-order valence-electron chi connectivity index (χ4n) is 3.24. The molecule has 2 aromatic rings. The van der Waals surface area contributed by atoms with Crippen molar-refractivity contribution < 1.29 is 14.4 Å². The van der Waals surface area contributed by atoms with E-state index in [1.165, 1.54) is 28.0 Å². The van der Waals surface area contributed by atoms with E-state index in [1.807, 2.05) is 30.3 Å². The number of fused-ring (bicyclic) bond motifs is 1. The summed E-state index contributed by atoms with van der Waals surface area (Å²) in [4.78, 5) is 43.4. The van der Waals surface area contributed by atoms with Crippen LogP contribution in [0, 0.1) is 0 Å². The van der Waals surface area contributed by atoms with E-state index in [9.17, 15) is 14.4 Å². The fraction of sp³-hybridized carbons (Fsp3) is 0.222. The average molecular weight is 433 g/mol.